The molecule has 0 saturated heterocycles. The highest BCUT2D eigenvalue weighted by molar-refractivity contribution is 7.98. The summed E-state index contributed by atoms with van der Waals surface area (Å²) in [4.78, 5) is 4.06. The van der Waals surface area contributed by atoms with Crippen LogP contribution < -0.4 is 0 Å². The van der Waals surface area contributed by atoms with Gasteiger partial charge >= 0.3 is 0 Å². The molecule has 2 heterocycles. The maximum Gasteiger partial charge on any atom is 0.196 e. The SMILES string of the molecule is Fc1ccc(-n2c(SCc3ccc(Cl)nc3)nnc2-c2ccccc2)c(F)c1. The summed E-state index contributed by atoms with van der Waals surface area (Å²) in [6, 6.07) is 16.3. The first kappa shape index (κ1) is 18.6. The van der Waals surface area contributed by atoms with E-state index in [4.69, 9.17) is 11.6 Å². The Hall–Kier alpha value is -2.77. The third kappa shape index (κ3) is 3.90. The van der Waals surface area contributed by atoms with Crippen molar-refractivity contribution in [3.63, 3.8) is 0 Å². The van der Waals surface area contributed by atoms with Gasteiger partial charge in [-0.1, -0.05) is 59.8 Å². The van der Waals surface area contributed by atoms with Crippen LogP contribution in [-0.4, -0.2) is 19.7 Å². The molecule has 140 valence electrons. The fraction of sp³-hybridized carbons (Fsp3) is 0.0500. The summed E-state index contributed by atoms with van der Waals surface area (Å²) in [6.45, 7) is 0. The quantitative estimate of drug-likeness (QED) is 0.317. The van der Waals surface area contributed by atoms with Gasteiger partial charge < -0.3 is 0 Å². The van der Waals surface area contributed by atoms with Gasteiger partial charge in [-0.05, 0) is 23.8 Å². The van der Waals surface area contributed by atoms with Gasteiger partial charge in [-0.15, -0.1) is 10.2 Å². The van der Waals surface area contributed by atoms with Crippen LogP contribution in [0.5, 0.6) is 0 Å². The molecule has 4 rings (SSSR count). The number of hydrogen-bond acceptors (Lipinski definition) is 4. The first-order valence-electron chi connectivity index (χ1n) is 8.31. The van der Waals surface area contributed by atoms with Gasteiger partial charge in [0.2, 0.25) is 0 Å². The predicted octanol–water partition coefficient (Wildman–Crippen LogP) is 5.55. The van der Waals surface area contributed by atoms with Gasteiger partial charge in [0.05, 0.1) is 5.69 Å². The van der Waals surface area contributed by atoms with E-state index in [1.165, 1.54) is 23.9 Å². The van der Waals surface area contributed by atoms with E-state index in [9.17, 15) is 8.78 Å². The van der Waals surface area contributed by atoms with E-state index in [-0.39, 0.29) is 5.69 Å². The number of pyridine rings is 1. The minimum atomic E-state index is -0.688. The molecular weight excluding hydrogens is 402 g/mol. The minimum Gasteiger partial charge on any atom is -0.267 e. The van der Waals surface area contributed by atoms with E-state index < -0.39 is 11.6 Å². The monoisotopic (exact) mass is 414 g/mol. The summed E-state index contributed by atoms with van der Waals surface area (Å²) < 4.78 is 29.6. The molecule has 0 spiro atoms. The predicted molar refractivity (Wildman–Crippen MR) is 106 cm³/mol. The Kier molecular flexibility index (Phi) is 5.36. The molecule has 4 aromatic rings. The van der Waals surface area contributed by atoms with Crippen LogP contribution in [0.4, 0.5) is 8.78 Å². The van der Waals surface area contributed by atoms with Crippen molar-refractivity contribution in [2.24, 2.45) is 0 Å². The van der Waals surface area contributed by atoms with E-state index in [2.05, 4.69) is 15.2 Å². The highest BCUT2D eigenvalue weighted by atomic mass is 35.5. The molecule has 0 aliphatic heterocycles. The van der Waals surface area contributed by atoms with E-state index in [0.717, 1.165) is 17.2 Å². The van der Waals surface area contributed by atoms with Crippen LogP contribution in [0.2, 0.25) is 5.15 Å². The summed E-state index contributed by atoms with van der Waals surface area (Å²) in [5.74, 6) is -0.313. The molecule has 0 aliphatic carbocycles. The zero-order chi connectivity index (χ0) is 19.5. The Balaban J connectivity index is 1.76. The van der Waals surface area contributed by atoms with Crippen LogP contribution in [0.15, 0.2) is 72.0 Å². The first-order chi connectivity index (χ1) is 13.6. The first-order valence-corrected chi connectivity index (χ1v) is 9.67. The van der Waals surface area contributed by atoms with Crippen molar-refractivity contribution in [2.75, 3.05) is 0 Å². The minimum absolute atomic E-state index is 0.182. The summed E-state index contributed by atoms with van der Waals surface area (Å²) in [7, 11) is 0. The van der Waals surface area contributed by atoms with Gasteiger partial charge in [0.25, 0.3) is 0 Å². The summed E-state index contributed by atoms with van der Waals surface area (Å²) in [5.41, 5.74) is 1.89. The van der Waals surface area contributed by atoms with Gasteiger partial charge in [-0.25, -0.2) is 13.8 Å². The Morgan fingerprint density at radius 1 is 0.964 bits per heavy atom. The highest BCUT2D eigenvalue weighted by Gasteiger charge is 2.19. The lowest BCUT2D eigenvalue weighted by atomic mass is 10.2. The summed E-state index contributed by atoms with van der Waals surface area (Å²) >= 11 is 7.19. The van der Waals surface area contributed by atoms with Crippen LogP contribution in [0, 0.1) is 11.6 Å². The van der Waals surface area contributed by atoms with Gasteiger partial charge in [0, 0.05) is 23.6 Å². The maximum atomic E-state index is 14.5. The number of rotatable bonds is 5. The lowest BCUT2D eigenvalue weighted by Gasteiger charge is -2.11. The molecule has 0 unspecified atom stereocenters. The molecule has 0 aliphatic rings. The van der Waals surface area contributed by atoms with Crippen LogP contribution >= 0.6 is 23.4 Å². The van der Waals surface area contributed by atoms with E-state index in [1.54, 1.807) is 16.8 Å². The fourth-order valence-electron chi connectivity index (χ4n) is 2.66. The average molecular weight is 415 g/mol. The summed E-state index contributed by atoms with van der Waals surface area (Å²) in [6.07, 6.45) is 1.67. The number of halogens is 3. The van der Waals surface area contributed by atoms with E-state index >= 15 is 0 Å². The molecule has 8 heteroatoms. The number of nitrogens with zero attached hydrogens (tertiary/aromatic N) is 4. The zero-order valence-corrected chi connectivity index (χ0v) is 16.0. The third-order valence-corrected chi connectivity index (χ3v) is 5.20. The van der Waals surface area contributed by atoms with Crippen molar-refractivity contribution in [3.8, 4) is 17.1 Å². The topological polar surface area (TPSA) is 43.6 Å². The normalized spacial score (nSPS) is 11.0. The number of thioether (sulfide) groups is 1. The molecule has 0 amide bonds. The van der Waals surface area contributed by atoms with E-state index in [1.807, 2.05) is 36.4 Å². The standard InChI is InChI=1S/C20H13ClF2N4S/c21-18-9-6-13(11-24-18)12-28-20-26-25-19(14-4-2-1-3-5-14)27(20)17-8-7-15(22)10-16(17)23/h1-11H,12H2. The highest BCUT2D eigenvalue weighted by Crippen LogP contribution is 2.31. The fourth-order valence-corrected chi connectivity index (χ4v) is 3.65. The Bertz CT molecular complexity index is 1100. The third-order valence-electron chi connectivity index (χ3n) is 3.97. The second-order valence-electron chi connectivity index (χ2n) is 5.88. The van der Waals surface area contributed by atoms with Crippen LogP contribution in [0.1, 0.15) is 5.56 Å². The number of benzene rings is 2. The van der Waals surface area contributed by atoms with Crippen LogP contribution in [0.3, 0.4) is 0 Å². The molecule has 2 aromatic carbocycles. The molecule has 0 saturated carbocycles. The Morgan fingerprint density at radius 2 is 1.79 bits per heavy atom. The average Bonchev–Trinajstić information content (AvgIpc) is 3.12. The number of hydrogen-bond donors (Lipinski definition) is 0. The Morgan fingerprint density at radius 3 is 2.50 bits per heavy atom. The molecule has 0 atom stereocenters. The van der Waals surface area contributed by atoms with Crippen molar-refractivity contribution in [3.05, 3.63) is 89.2 Å². The second kappa shape index (κ2) is 8.08. The van der Waals surface area contributed by atoms with E-state index in [0.29, 0.717) is 21.9 Å². The van der Waals surface area contributed by atoms with Crippen molar-refractivity contribution in [1.29, 1.82) is 0 Å². The van der Waals surface area contributed by atoms with Gasteiger partial charge in [0.1, 0.15) is 16.8 Å². The molecule has 28 heavy (non-hydrogen) atoms. The maximum absolute atomic E-state index is 14.5. The van der Waals surface area contributed by atoms with Crippen molar-refractivity contribution >= 4 is 23.4 Å². The molecule has 0 radical (unpaired) electrons. The lowest BCUT2D eigenvalue weighted by Crippen LogP contribution is -2.03. The smallest absolute Gasteiger partial charge is 0.196 e. The van der Waals surface area contributed by atoms with Gasteiger partial charge in [-0.2, -0.15) is 0 Å². The van der Waals surface area contributed by atoms with Crippen molar-refractivity contribution in [1.82, 2.24) is 19.7 Å². The van der Waals surface area contributed by atoms with Crippen LogP contribution in [-0.2, 0) is 5.75 Å². The largest absolute Gasteiger partial charge is 0.267 e. The lowest BCUT2D eigenvalue weighted by molar-refractivity contribution is 0.575. The van der Waals surface area contributed by atoms with Crippen LogP contribution in [0.25, 0.3) is 17.1 Å². The molecule has 2 aromatic heterocycles. The zero-order valence-electron chi connectivity index (χ0n) is 14.4. The van der Waals surface area contributed by atoms with Gasteiger partial charge in [0.15, 0.2) is 11.0 Å². The number of aromatic nitrogens is 4. The second-order valence-corrected chi connectivity index (χ2v) is 7.21. The van der Waals surface area contributed by atoms with Crippen molar-refractivity contribution in [2.45, 2.75) is 10.9 Å². The molecule has 0 bridgehead atoms. The molecule has 0 fully saturated rings. The van der Waals surface area contributed by atoms with Gasteiger partial charge in [-0.3, -0.25) is 4.57 Å². The van der Waals surface area contributed by atoms with Crippen molar-refractivity contribution < 1.29 is 8.78 Å². The molecular formula is C20H13ClF2N4S. The Labute approximate surface area is 169 Å². The molecule has 0 N–H and O–H groups in total. The summed E-state index contributed by atoms with van der Waals surface area (Å²) in [5, 5.41) is 9.38. The molecule has 4 nitrogen and oxygen atoms in total.